The molecule has 0 spiro atoms. The first-order chi connectivity index (χ1) is 27.0. The van der Waals surface area contributed by atoms with Crippen LogP contribution in [0.3, 0.4) is 0 Å². The first-order valence-corrected chi connectivity index (χ1v) is 20.3. The Hall–Kier alpha value is -3.44. The van der Waals surface area contributed by atoms with Crippen LogP contribution in [0.4, 0.5) is 4.79 Å². The molecule has 0 aromatic heterocycles. The molecule has 2 saturated heterocycles. The van der Waals surface area contributed by atoms with Crippen molar-refractivity contribution in [2.75, 3.05) is 59.6 Å². The molecule has 0 bridgehead atoms. The SMILES string of the molecule is CC[C@H](O)[C@@H](C)[C@H]1O[C@@H]1CC(C)(O)/C=C/C=C(\C)[C@H]1OC(=O)C[C@H](O)CC[C@@](C)(OC)[C@@H](OC(=O)N2CCN(CCOCCN3C(=O)C=CC3=O)CC2)/C=C/[C@@H]1C. The number of carbonyl (C=O) groups is 4. The third-order valence-corrected chi connectivity index (χ3v) is 11.6. The molecular formula is C42H65N3O12. The molecule has 4 aliphatic rings. The second kappa shape index (κ2) is 21.0. The lowest BCUT2D eigenvalue weighted by Crippen LogP contribution is -2.52. The van der Waals surface area contributed by atoms with Gasteiger partial charge in [0.1, 0.15) is 11.7 Å². The number of rotatable bonds is 16. The molecule has 57 heavy (non-hydrogen) atoms. The molecule has 3 N–H and O–H groups in total. The average Bonchev–Trinajstić information content (AvgIpc) is 3.86. The Morgan fingerprint density at radius 1 is 1.11 bits per heavy atom. The number of allylic oxidation sites excluding steroid dienone is 2. The van der Waals surface area contributed by atoms with Gasteiger partial charge in [-0.1, -0.05) is 45.1 Å². The van der Waals surface area contributed by atoms with Crippen molar-refractivity contribution in [3.05, 3.63) is 48.1 Å². The standard InChI is InChI=1S/C42H65N3O12/c1-8-32(47)30(4)39-33(55-39)27-41(5,52)16-9-10-28(2)38-29(3)11-12-34(42(6,53-7)17-15-31(46)26-37(50)57-38)56-40(51)44-20-18-43(19-21-44)22-24-54-25-23-45-35(48)13-14-36(45)49/h9-14,16,29-34,38-39,46-47,52H,8,15,17-27H2,1-7H3/b12-11+,16-9+,28-10+/t29-,30+,31+,32-,33+,34-,38+,39+,41?,42+/m0/s1. The van der Waals surface area contributed by atoms with Crippen molar-refractivity contribution in [2.45, 2.75) is 121 Å². The number of imide groups is 1. The van der Waals surface area contributed by atoms with Gasteiger partial charge in [0.15, 0.2) is 6.10 Å². The monoisotopic (exact) mass is 803 g/mol. The summed E-state index contributed by atoms with van der Waals surface area (Å²) < 4.78 is 29.4. The minimum Gasteiger partial charge on any atom is -0.457 e. The third kappa shape index (κ3) is 13.6. The number of esters is 1. The zero-order valence-corrected chi connectivity index (χ0v) is 34.7. The zero-order chi connectivity index (χ0) is 41.9. The highest BCUT2D eigenvalue weighted by Gasteiger charge is 2.47. The van der Waals surface area contributed by atoms with Crippen molar-refractivity contribution in [1.29, 1.82) is 0 Å². The number of methoxy groups -OCH3 is 1. The molecule has 1 unspecified atom stereocenters. The van der Waals surface area contributed by atoms with Crippen LogP contribution in [0, 0.1) is 11.8 Å². The average molecular weight is 804 g/mol. The van der Waals surface area contributed by atoms with Crippen LogP contribution in [0.25, 0.3) is 0 Å². The fourth-order valence-corrected chi connectivity index (χ4v) is 7.45. The lowest BCUT2D eigenvalue weighted by Gasteiger charge is -2.38. The number of aliphatic hydroxyl groups excluding tert-OH is 2. The molecule has 320 valence electrons. The molecule has 2 fully saturated rings. The Morgan fingerprint density at radius 2 is 1.77 bits per heavy atom. The topological polar surface area (TPSA) is 188 Å². The molecule has 4 aliphatic heterocycles. The Bertz CT molecular complexity index is 1490. The van der Waals surface area contributed by atoms with Gasteiger partial charge in [-0.25, -0.2) is 4.79 Å². The maximum absolute atomic E-state index is 13.6. The number of aliphatic hydroxyl groups is 3. The number of ether oxygens (including phenoxy) is 5. The molecule has 0 saturated carbocycles. The highest BCUT2D eigenvalue weighted by molar-refractivity contribution is 6.12. The van der Waals surface area contributed by atoms with E-state index in [1.54, 1.807) is 36.1 Å². The first kappa shape index (κ1) is 46.3. The summed E-state index contributed by atoms with van der Waals surface area (Å²) in [6, 6.07) is 0. The highest BCUT2D eigenvalue weighted by atomic mass is 16.6. The van der Waals surface area contributed by atoms with Crippen LogP contribution in [0.1, 0.15) is 73.6 Å². The molecule has 0 radical (unpaired) electrons. The van der Waals surface area contributed by atoms with Gasteiger partial charge < -0.3 is 43.9 Å². The molecule has 4 rings (SSSR count). The zero-order valence-electron chi connectivity index (χ0n) is 34.7. The second-order valence-corrected chi connectivity index (χ2v) is 16.3. The van der Waals surface area contributed by atoms with Crippen molar-refractivity contribution in [2.24, 2.45) is 11.8 Å². The predicted molar refractivity (Wildman–Crippen MR) is 211 cm³/mol. The molecule has 3 amide bonds. The first-order valence-electron chi connectivity index (χ1n) is 20.3. The van der Waals surface area contributed by atoms with E-state index in [0.717, 1.165) is 4.90 Å². The van der Waals surface area contributed by atoms with Crippen LogP contribution in [-0.4, -0.2) is 161 Å². The summed E-state index contributed by atoms with van der Waals surface area (Å²) in [5.74, 6) is -1.61. The molecule has 0 aliphatic carbocycles. The van der Waals surface area contributed by atoms with Crippen molar-refractivity contribution in [1.82, 2.24) is 14.7 Å². The van der Waals surface area contributed by atoms with E-state index >= 15 is 0 Å². The number of piperazine rings is 1. The Morgan fingerprint density at radius 3 is 2.42 bits per heavy atom. The second-order valence-electron chi connectivity index (χ2n) is 16.3. The Balaban J connectivity index is 1.36. The molecular weight excluding hydrogens is 738 g/mol. The van der Waals surface area contributed by atoms with E-state index in [9.17, 15) is 34.5 Å². The van der Waals surface area contributed by atoms with Gasteiger partial charge in [0.2, 0.25) is 0 Å². The number of amides is 3. The van der Waals surface area contributed by atoms with Gasteiger partial charge in [0.05, 0.1) is 56.2 Å². The summed E-state index contributed by atoms with van der Waals surface area (Å²) in [7, 11) is 1.53. The van der Waals surface area contributed by atoms with Crippen LogP contribution in [0.5, 0.6) is 0 Å². The van der Waals surface area contributed by atoms with Gasteiger partial charge in [-0.15, -0.1) is 0 Å². The van der Waals surface area contributed by atoms with Gasteiger partial charge in [0.25, 0.3) is 11.8 Å². The number of hydrogen-bond donors (Lipinski definition) is 3. The molecule has 0 aromatic carbocycles. The Labute approximate surface area is 337 Å². The quantitative estimate of drug-likeness (QED) is 0.0517. The smallest absolute Gasteiger partial charge is 0.410 e. The summed E-state index contributed by atoms with van der Waals surface area (Å²) in [6.45, 7) is 14.7. The van der Waals surface area contributed by atoms with Crippen LogP contribution in [0.15, 0.2) is 48.1 Å². The largest absolute Gasteiger partial charge is 0.457 e. The maximum atomic E-state index is 13.6. The van der Waals surface area contributed by atoms with Crippen LogP contribution < -0.4 is 0 Å². The summed E-state index contributed by atoms with van der Waals surface area (Å²) in [5.41, 5.74) is -1.48. The molecule has 15 nitrogen and oxygen atoms in total. The fourth-order valence-electron chi connectivity index (χ4n) is 7.45. The summed E-state index contributed by atoms with van der Waals surface area (Å²) >= 11 is 0. The van der Waals surface area contributed by atoms with Crippen molar-refractivity contribution < 1.29 is 58.2 Å². The van der Waals surface area contributed by atoms with Crippen molar-refractivity contribution >= 4 is 23.9 Å². The third-order valence-electron chi connectivity index (χ3n) is 11.6. The van der Waals surface area contributed by atoms with Crippen molar-refractivity contribution in [3.8, 4) is 0 Å². The lowest BCUT2D eigenvalue weighted by molar-refractivity contribution is -0.151. The molecule has 4 heterocycles. The van der Waals surface area contributed by atoms with Crippen LogP contribution in [0.2, 0.25) is 0 Å². The van der Waals surface area contributed by atoms with E-state index in [2.05, 4.69) is 4.90 Å². The fraction of sp³-hybridized carbons (Fsp3) is 0.714. The van der Waals surface area contributed by atoms with E-state index in [1.165, 1.54) is 19.3 Å². The van der Waals surface area contributed by atoms with E-state index in [1.807, 2.05) is 40.7 Å². The van der Waals surface area contributed by atoms with Gasteiger partial charge in [-0.3, -0.25) is 24.2 Å². The summed E-state index contributed by atoms with van der Waals surface area (Å²) in [4.78, 5) is 55.0. The maximum Gasteiger partial charge on any atom is 0.410 e. The number of cyclic esters (lactones) is 1. The molecule has 15 heteroatoms. The minimum atomic E-state index is -1.17. The van der Waals surface area contributed by atoms with Gasteiger partial charge in [-0.2, -0.15) is 0 Å². The van der Waals surface area contributed by atoms with Gasteiger partial charge in [0, 0.05) is 70.2 Å². The number of carbonyl (C=O) groups excluding carboxylic acids is 4. The molecule has 0 aromatic rings. The van der Waals surface area contributed by atoms with Crippen LogP contribution in [-0.2, 0) is 38.1 Å². The van der Waals surface area contributed by atoms with Crippen molar-refractivity contribution in [3.63, 3.8) is 0 Å². The minimum absolute atomic E-state index is 0.0243. The summed E-state index contributed by atoms with van der Waals surface area (Å²) in [6.07, 6.45) is 8.86. The van der Waals surface area contributed by atoms with Gasteiger partial charge >= 0.3 is 12.1 Å². The number of epoxide rings is 1. The predicted octanol–water partition coefficient (Wildman–Crippen LogP) is 2.92. The highest BCUT2D eigenvalue weighted by Crippen LogP contribution is 2.38. The number of hydrogen-bond acceptors (Lipinski definition) is 13. The van der Waals surface area contributed by atoms with Crippen LogP contribution >= 0.6 is 0 Å². The Kier molecular flexibility index (Phi) is 17.0. The lowest BCUT2D eigenvalue weighted by atomic mass is 9.88. The van der Waals surface area contributed by atoms with E-state index in [4.69, 9.17) is 23.7 Å². The van der Waals surface area contributed by atoms with E-state index < -0.39 is 47.7 Å². The van der Waals surface area contributed by atoms with Gasteiger partial charge in [-0.05, 0) is 51.7 Å². The normalized spacial score (nSPS) is 32.0. The molecule has 10 atom stereocenters. The number of nitrogens with zero attached hydrogens (tertiary/aromatic N) is 3. The van der Waals surface area contributed by atoms with E-state index in [0.29, 0.717) is 64.2 Å². The van der Waals surface area contributed by atoms with E-state index in [-0.39, 0.29) is 61.9 Å². The summed E-state index contributed by atoms with van der Waals surface area (Å²) in [5, 5.41) is 32.1.